The molecule has 0 saturated carbocycles. The molecule has 1 heterocycles. The van der Waals surface area contributed by atoms with Crippen molar-refractivity contribution in [3.8, 4) is 5.75 Å². The van der Waals surface area contributed by atoms with Crippen molar-refractivity contribution in [3.63, 3.8) is 0 Å². The first-order valence-electron chi connectivity index (χ1n) is 8.62. The summed E-state index contributed by atoms with van der Waals surface area (Å²) in [5.41, 5.74) is 0.940. The fraction of sp³-hybridized carbons (Fsp3) is 0.190. The molecule has 7 heteroatoms. The van der Waals surface area contributed by atoms with Gasteiger partial charge < -0.3 is 14.5 Å². The summed E-state index contributed by atoms with van der Waals surface area (Å²) in [5.74, 6) is 0.570. The third kappa shape index (κ3) is 5.27. The molecule has 1 N–H and O–H groups in total. The maximum Gasteiger partial charge on any atom is 0.287 e. The number of carbonyl (C=O) groups is 1. The van der Waals surface area contributed by atoms with Gasteiger partial charge in [-0.25, -0.2) is 4.39 Å². The van der Waals surface area contributed by atoms with Crippen LogP contribution < -0.4 is 10.1 Å². The van der Waals surface area contributed by atoms with Gasteiger partial charge in [-0.3, -0.25) is 4.79 Å². The van der Waals surface area contributed by atoms with Crippen LogP contribution in [0, 0.1) is 5.82 Å². The van der Waals surface area contributed by atoms with Gasteiger partial charge in [-0.15, -0.1) is 0 Å². The smallest absolute Gasteiger partial charge is 0.287 e. The lowest BCUT2D eigenvalue weighted by Gasteiger charge is -2.12. The first-order valence-corrected chi connectivity index (χ1v) is 9.38. The first-order chi connectivity index (χ1) is 13.4. The molecule has 0 spiro atoms. The number of furan rings is 1. The van der Waals surface area contributed by atoms with Crippen molar-refractivity contribution in [2.45, 2.75) is 19.4 Å². The Hall–Kier alpha value is -2.50. The number of benzene rings is 2. The summed E-state index contributed by atoms with van der Waals surface area (Å²) in [6.45, 7) is 2.47. The first kappa shape index (κ1) is 20.2. The molecule has 4 nitrogen and oxygen atoms in total. The number of hydrogen-bond donors (Lipinski definition) is 1. The molecule has 1 unspecified atom stereocenters. The van der Waals surface area contributed by atoms with E-state index in [9.17, 15) is 9.18 Å². The molecule has 0 fully saturated rings. The summed E-state index contributed by atoms with van der Waals surface area (Å²) < 4.78 is 24.1. The third-order valence-electron chi connectivity index (χ3n) is 4.16. The van der Waals surface area contributed by atoms with Crippen molar-refractivity contribution in [2.24, 2.45) is 0 Å². The molecule has 0 aliphatic heterocycles. The van der Waals surface area contributed by atoms with Crippen molar-refractivity contribution in [1.82, 2.24) is 5.32 Å². The fourth-order valence-electron chi connectivity index (χ4n) is 2.56. The van der Waals surface area contributed by atoms with Crippen LogP contribution in [0.3, 0.4) is 0 Å². The zero-order chi connectivity index (χ0) is 20.1. The van der Waals surface area contributed by atoms with E-state index < -0.39 is 0 Å². The van der Waals surface area contributed by atoms with Crippen molar-refractivity contribution < 1.29 is 18.3 Å². The second kappa shape index (κ2) is 9.13. The highest BCUT2D eigenvalue weighted by Gasteiger charge is 2.14. The minimum Gasteiger partial charge on any atom is -0.484 e. The Labute approximate surface area is 172 Å². The number of rotatable bonds is 7. The Morgan fingerprint density at radius 1 is 1.14 bits per heavy atom. The van der Waals surface area contributed by atoms with Crippen LogP contribution in [0.2, 0.25) is 10.0 Å². The Morgan fingerprint density at radius 2 is 1.89 bits per heavy atom. The van der Waals surface area contributed by atoms with Crippen LogP contribution in [0.25, 0.3) is 0 Å². The average molecular weight is 422 g/mol. The van der Waals surface area contributed by atoms with Gasteiger partial charge in [0.15, 0.2) is 5.76 Å². The quantitative estimate of drug-likeness (QED) is 0.521. The van der Waals surface area contributed by atoms with E-state index in [0.29, 0.717) is 28.1 Å². The van der Waals surface area contributed by atoms with Gasteiger partial charge in [0, 0.05) is 11.6 Å². The van der Waals surface area contributed by atoms with E-state index in [-0.39, 0.29) is 30.0 Å². The van der Waals surface area contributed by atoms with E-state index >= 15 is 0 Å². The summed E-state index contributed by atoms with van der Waals surface area (Å²) in [7, 11) is 0. The molecular weight excluding hydrogens is 404 g/mol. The number of nitrogens with one attached hydrogen (secondary N) is 1. The van der Waals surface area contributed by atoms with Gasteiger partial charge in [-0.2, -0.15) is 0 Å². The van der Waals surface area contributed by atoms with Crippen LogP contribution in [0.1, 0.15) is 34.7 Å². The maximum atomic E-state index is 13.0. The molecule has 2 aromatic carbocycles. The molecule has 28 heavy (non-hydrogen) atoms. The lowest BCUT2D eigenvalue weighted by molar-refractivity contribution is 0.0920. The topological polar surface area (TPSA) is 51.5 Å². The highest BCUT2D eigenvalue weighted by molar-refractivity contribution is 6.35. The van der Waals surface area contributed by atoms with Gasteiger partial charge in [0.2, 0.25) is 0 Å². The Bertz CT molecular complexity index is 957. The maximum absolute atomic E-state index is 13.0. The normalized spacial score (nSPS) is 11.9. The van der Waals surface area contributed by atoms with E-state index in [0.717, 1.165) is 5.56 Å². The van der Waals surface area contributed by atoms with Crippen molar-refractivity contribution >= 4 is 29.1 Å². The molecule has 0 aliphatic carbocycles. The molecule has 1 amide bonds. The minimum atomic E-state index is -0.329. The Morgan fingerprint density at radius 3 is 2.61 bits per heavy atom. The molecule has 3 aromatic rings. The predicted octanol–water partition coefficient (Wildman–Crippen LogP) is 5.84. The number of halogens is 3. The zero-order valence-corrected chi connectivity index (χ0v) is 16.6. The van der Waals surface area contributed by atoms with Crippen LogP contribution in [-0.4, -0.2) is 12.5 Å². The van der Waals surface area contributed by atoms with Crippen LogP contribution in [0.15, 0.2) is 59.0 Å². The van der Waals surface area contributed by atoms with Crippen LogP contribution in [-0.2, 0) is 6.61 Å². The van der Waals surface area contributed by atoms with Gasteiger partial charge in [0.1, 0.15) is 23.9 Å². The van der Waals surface area contributed by atoms with E-state index in [4.69, 9.17) is 32.4 Å². The van der Waals surface area contributed by atoms with E-state index in [1.807, 2.05) is 6.92 Å². The summed E-state index contributed by atoms with van der Waals surface area (Å²) in [6, 6.07) is 14.4. The third-order valence-corrected chi connectivity index (χ3v) is 4.69. The lowest BCUT2D eigenvalue weighted by atomic mass is 10.0. The van der Waals surface area contributed by atoms with Gasteiger partial charge >= 0.3 is 0 Å². The average Bonchev–Trinajstić information content (AvgIpc) is 3.15. The molecule has 0 aliphatic rings. The Balaban J connectivity index is 1.52. The summed E-state index contributed by atoms with van der Waals surface area (Å²) in [4.78, 5) is 12.3. The highest BCUT2D eigenvalue weighted by atomic mass is 35.5. The summed E-state index contributed by atoms with van der Waals surface area (Å²) >= 11 is 11.9. The van der Waals surface area contributed by atoms with Crippen LogP contribution in [0.5, 0.6) is 5.75 Å². The second-order valence-electron chi connectivity index (χ2n) is 6.29. The molecule has 3 rings (SSSR count). The summed E-state index contributed by atoms with van der Waals surface area (Å²) in [5, 5.41) is 3.72. The van der Waals surface area contributed by atoms with Gasteiger partial charge in [-0.05, 0) is 53.9 Å². The highest BCUT2D eigenvalue weighted by Crippen LogP contribution is 2.28. The number of amides is 1. The van der Waals surface area contributed by atoms with Gasteiger partial charge in [0.25, 0.3) is 5.91 Å². The monoisotopic (exact) mass is 421 g/mol. The zero-order valence-electron chi connectivity index (χ0n) is 15.0. The molecule has 0 bridgehead atoms. The van der Waals surface area contributed by atoms with Crippen molar-refractivity contribution in [3.05, 3.63) is 87.5 Å². The fourth-order valence-corrected chi connectivity index (χ4v) is 3.02. The van der Waals surface area contributed by atoms with Gasteiger partial charge in [-0.1, -0.05) is 42.3 Å². The summed E-state index contributed by atoms with van der Waals surface area (Å²) in [6.07, 6.45) is 0. The largest absolute Gasteiger partial charge is 0.484 e. The van der Waals surface area contributed by atoms with Crippen LogP contribution >= 0.6 is 23.2 Å². The van der Waals surface area contributed by atoms with Crippen LogP contribution in [0.4, 0.5) is 4.39 Å². The standard InChI is InChI=1S/C21H18Cl2FNO3/c1-13(14-2-5-16(24)6-3-14)11-25-21(26)20-9-7-17(28-20)12-27-19-8-4-15(22)10-18(19)23/h2-10,13H,11-12H2,1H3,(H,25,26). The Kier molecular flexibility index (Phi) is 6.60. The van der Waals surface area contributed by atoms with E-state index in [1.165, 1.54) is 12.1 Å². The SMILES string of the molecule is CC(CNC(=O)c1ccc(COc2ccc(Cl)cc2Cl)o1)c1ccc(F)cc1. The second-order valence-corrected chi connectivity index (χ2v) is 7.14. The molecule has 146 valence electrons. The minimum absolute atomic E-state index is 0.0364. The van der Waals surface area contributed by atoms with E-state index in [1.54, 1.807) is 42.5 Å². The number of carbonyl (C=O) groups excluding carboxylic acids is 1. The molecule has 0 radical (unpaired) electrons. The molecule has 1 atom stereocenters. The predicted molar refractivity (Wildman–Crippen MR) is 107 cm³/mol. The molecule has 0 saturated heterocycles. The number of hydrogen-bond acceptors (Lipinski definition) is 3. The number of ether oxygens (including phenoxy) is 1. The van der Waals surface area contributed by atoms with Crippen molar-refractivity contribution in [1.29, 1.82) is 0 Å². The van der Waals surface area contributed by atoms with E-state index in [2.05, 4.69) is 5.32 Å². The lowest BCUT2D eigenvalue weighted by Crippen LogP contribution is -2.27. The van der Waals surface area contributed by atoms with Crippen molar-refractivity contribution in [2.75, 3.05) is 6.54 Å². The molecule has 1 aromatic heterocycles. The van der Waals surface area contributed by atoms with Gasteiger partial charge in [0.05, 0.1) is 5.02 Å². The molecular formula is C21H18Cl2FNO3.